The number of rotatable bonds is 8. The van der Waals surface area contributed by atoms with Crippen molar-refractivity contribution in [3.63, 3.8) is 0 Å². The minimum Gasteiger partial charge on any atom is -0.492 e. The molecule has 1 heterocycles. The van der Waals surface area contributed by atoms with Crippen molar-refractivity contribution in [1.82, 2.24) is 4.90 Å². The van der Waals surface area contributed by atoms with Crippen LogP contribution in [0, 0.1) is 0 Å². The number of benzene rings is 2. The molecule has 0 unspecified atom stereocenters. The van der Waals surface area contributed by atoms with Gasteiger partial charge < -0.3 is 19.3 Å². The molecule has 0 radical (unpaired) electrons. The van der Waals surface area contributed by atoms with Gasteiger partial charge in [-0.25, -0.2) is 8.42 Å². The predicted octanol–water partition coefficient (Wildman–Crippen LogP) is 3.21. The van der Waals surface area contributed by atoms with Crippen molar-refractivity contribution in [2.75, 3.05) is 56.6 Å². The minimum atomic E-state index is -3.73. The van der Waals surface area contributed by atoms with Gasteiger partial charge in [0, 0.05) is 39.0 Å². The Morgan fingerprint density at radius 1 is 1.07 bits per heavy atom. The Morgan fingerprint density at radius 2 is 1.80 bits per heavy atom. The number of ether oxygens (including phenoxy) is 2. The van der Waals surface area contributed by atoms with Crippen LogP contribution in [0.2, 0.25) is 0 Å². The summed E-state index contributed by atoms with van der Waals surface area (Å²) in [6, 6.07) is 12.2. The summed E-state index contributed by atoms with van der Waals surface area (Å²) in [4.78, 5) is 4.65. The molecule has 1 saturated heterocycles. The molecule has 1 aliphatic rings. The fourth-order valence-electron chi connectivity index (χ4n) is 3.34. The van der Waals surface area contributed by atoms with E-state index in [9.17, 15) is 8.42 Å². The van der Waals surface area contributed by atoms with E-state index in [2.05, 4.69) is 21.6 Å². The average molecular weight is 456 g/mol. The molecule has 166 valence electrons. The second-order valence-corrected chi connectivity index (χ2v) is 8.77. The Hall–Kier alpha value is -2.00. The fraction of sp³-hybridized carbons (Fsp3) is 0.429. The molecule has 0 saturated carbocycles. The van der Waals surface area contributed by atoms with E-state index in [0.717, 1.165) is 37.4 Å². The molecule has 1 fully saturated rings. The van der Waals surface area contributed by atoms with Crippen LogP contribution in [0.4, 0.5) is 11.4 Å². The number of methoxy groups -OCH3 is 1. The summed E-state index contributed by atoms with van der Waals surface area (Å²) in [5.74, 6) is 0.707. The first-order valence-electron chi connectivity index (χ1n) is 9.74. The van der Waals surface area contributed by atoms with E-state index < -0.39 is 10.0 Å². The van der Waals surface area contributed by atoms with Gasteiger partial charge in [-0.3, -0.25) is 4.72 Å². The van der Waals surface area contributed by atoms with Crippen LogP contribution in [-0.4, -0.2) is 60.3 Å². The first-order chi connectivity index (χ1) is 13.9. The molecule has 1 aliphatic heterocycles. The van der Waals surface area contributed by atoms with E-state index in [1.54, 1.807) is 43.5 Å². The number of sulfonamides is 1. The van der Waals surface area contributed by atoms with Crippen molar-refractivity contribution in [3.05, 3.63) is 48.0 Å². The van der Waals surface area contributed by atoms with Crippen LogP contribution in [0.25, 0.3) is 0 Å². The third-order valence-corrected chi connectivity index (χ3v) is 6.25. The predicted molar refractivity (Wildman–Crippen MR) is 123 cm³/mol. The Bertz CT molecular complexity index is 932. The van der Waals surface area contributed by atoms with Crippen molar-refractivity contribution >= 4 is 33.8 Å². The van der Waals surface area contributed by atoms with Crippen LogP contribution in [0.1, 0.15) is 12.5 Å². The highest BCUT2D eigenvalue weighted by Crippen LogP contribution is 2.32. The smallest absolute Gasteiger partial charge is 0.261 e. The zero-order valence-corrected chi connectivity index (χ0v) is 19.3. The second kappa shape index (κ2) is 10.9. The number of piperazine rings is 1. The number of hydrogen-bond acceptors (Lipinski definition) is 6. The SMILES string of the molecule is CCOc1ccc(S(=O)(=O)Nc2cccc(COC)c2)cc1N1CCN(C)CC1.Cl. The topological polar surface area (TPSA) is 71.1 Å². The summed E-state index contributed by atoms with van der Waals surface area (Å²) in [6.07, 6.45) is 0. The highest BCUT2D eigenvalue weighted by atomic mass is 35.5. The monoisotopic (exact) mass is 455 g/mol. The van der Waals surface area contributed by atoms with E-state index in [1.165, 1.54) is 0 Å². The Balaban J connectivity index is 0.00000320. The molecule has 2 aromatic carbocycles. The lowest BCUT2D eigenvalue weighted by Gasteiger charge is -2.35. The van der Waals surface area contributed by atoms with Crippen molar-refractivity contribution < 1.29 is 17.9 Å². The van der Waals surface area contributed by atoms with Crippen molar-refractivity contribution in [2.24, 2.45) is 0 Å². The van der Waals surface area contributed by atoms with Gasteiger partial charge in [0.15, 0.2) is 0 Å². The lowest BCUT2D eigenvalue weighted by atomic mass is 10.2. The molecule has 0 spiro atoms. The number of nitrogens with zero attached hydrogens (tertiary/aromatic N) is 2. The van der Waals surface area contributed by atoms with Gasteiger partial charge in [0.25, 0.3) is 10.0 Å². The Morgan fingerprint density at radius 3 is 2.47 bits per heavy atom. The molecule has 0 aromatic heterocycles. The van der Waals surface area contributed by atoms with Crippen molar-refractivity contribution in [3.8, 4) is 5.75 Å². The van der Waals surface area contributed by atoms with Crippen LogP contribution in [0.3, 0.4) is 0 Å². The number of anilines is 2. The highest BCUT2D eigenvalue weighted by Gasteiger charge is 2.22. The van der Waals surface area contributed by atoms with Crippen LogP contribution >= 0.6 is 12.4 Å². The number of halogens is 1. The highest BCUT2D eigenvalue weighted by molar-refractivity contribution is 7.92. The lowest BCUT2D eigenvalue weighted by Crippen LogP contribution is -2.44. The Kier molecular flexibility index (Phi) is 8.78. The summed E-state index contributed by atoms with van der Waals surface area (Å²) < 4.78 is 39.6. The third-order valence-electron chi connectivity index (χ3n) is 4.87. The summed E-state index contributed by atoms with van der Waals surface area (Å²) in [5.41, 5.74) is 2.23. The molecule has 2 aromatic rings. The first-order valence-corrected chi connectivity index (χ1v) is 11.2. The number of hydrogen-bond donors (Lipinski definition) is 1. The summed E-state index contributed by atoms with van der Waals surface area (Å²) >= 11 is 0. The molecule has 3 rings (SSSR count). The van der Waals surface area contributed by atoms with Crippen LogP contribution in [0.15, 0.2) is 47.4 Å². The lowest BCUT2D eigenvalue weighted by molar-refractivity contribution is 0.185. The van der Waals surface area contributed by atoms with Gasteiger partial charge in [-0.2, -0.15) is 0 Å². The molecule has 0 amide bonds. The van der Waals surface area contributed by atoms with E-state index in [-0.39, 0.29) is 17.3 Å². The maximum absolute atomic E-state index is 13.0. The van der Waals surface area contributed by atoms with Gasteiger partial charge in [-0.1, -0.05) is 12.1 Å². The second-order valence-electron chi connectivity index (χ2n) is 7.09. The van der Waals surface area contributed by atoms with E-state index >= 15 is 0 Å². The number of likely N-dealkylation sites (N-methyl/N-ethyl adjacent to an activating group) is 1. The summed E-state index contributed by atoms with van der Waals surface area (Å²) in [7, 11) is -0.0377. The van der Waals surface area contributed by atoms with Gasteiger partial charge in [0.05, 0.1) is 23.8 Å². The van der Waals surface area contributed by atoms with E-state index in [4.69, 9.17) is 9.47 Å². The maximum atomic E-state index is 13.0. The standard InChI is InChI=1S/C21H29N3O4S.ClH/c1-4-28-21-9-8-19(15-20(21)24-12-10-23(2)11-13-24)29(25,26)22-18-7-5-6-17(14-18)16-27-3;/h5-9,14-15,22H,4,10-13,16H2,1-3H3;1H. The largest absolute Gasteiger partial charge is 0.492 e. The van der Waals surface area contributed by atoms with Crippen LogP contribution in [-0.2, 0) is 21.4 Å². The summed E-state index contributed by atoms with van der Waals surface area (Å²) in [5, 5.41) is 0. The maximum Gasteiger partial charge on any atom is 0.261 e. The fourth-order valence-corrected chi connectivity index (χ4v) is 4.41. The van der Waals surface area contributed by atoms with E-state index in [0.29, 0.717) is 24.7 Å². The average Bonchev–Trinajstić information content (AvgIpc) is 2.69. The molecule has 9 heteroatoms. The zero-order valence-electron chi connectivity index (χ0n) is 17.6. The molecule has 0 bridgehead atoms. The molecule has 1 N–H and O–H groups in total. The van der Waals surface area contributed by atoms with E-state index in [1.807, 2.05) is 13.0 Å². The van der Waals surface area contributed by atoms with Gasteiger partial charge in [-0.15, -0.1) is 12.4 Å². The Labute approximate surface area is 185 Å². The molecule has 30 heavy (non-hydrogen) atoms. The third kappa shape index (κ3) is 6.01. The molecular formula is C21H30ClN3O4S. The minimum absolute atomic E-state index is 0. The normalized spacial score (nSPS) is 14.8. The van der Waals surface area contributed by atoms with Gasteiger partial charge >= 0.3 is 0 Å². The van der Waals surface area contributed by atoms with Gasteiger partial charge in [0.2, 0.25) is 0 Å². The van der Waals surface area contributed by atoms with Gasteiger partial charge in [-0.05, 0) is 49.9 Å². The van der Waals surface area contributed by atoms with Gasteiger partial charge in [0.1, 0.15) is 5.75 Å². The van der Waals surface area contributed by atoms with Crippen LogP contribution < -0.4 is 14.4 Å². The van der Waals surface area contributed by atoms with Crippen molar-refractivity contribution in [1.29, 1.82) is 0 Å². The number of nitrogens with one attached hydrogen (secondary N) is 1. The van der Waals surface area contributed by atoms with Crippen molar-refractivity contribution in [2.45, 2.75) is 18.4 Å². The summed E-state index contributed by atoms with van der Waals surface area (Å²) in [6.45, 7) is 6.37. The zero-order chi connectivity index (χ0) is 20.9. The quantitative estimate of drug-likeness (QED) is 0.659. The molecular weight excluding hydrogens is 426 g/mol. The molecule has 7 nitrogen and oxygen atoms in total. The first kappa shape index (κ1) is 24.3. The molecule has 0 atom stereocenters. The van der Waals surface area contributed by atoms with Crippen LogP contribution in [0.5, 0.6) is 5.75 Å². The molecule has 0 aliphatic carbocycles.